The number of thiophene rings is 2. The fraction of sp³-hybridized carbons (Fsp3) is 0.333. The average molecular weight is 293 g/mol. The molecule has 0 spiro atoms. The number of aromatic nitrogens is 3. The zero-order valence-corrected chi connectivity index (χ0v) is 12.2. The minimum absolute atomic E-state index is 0.0499. The van der Waals surface area contributed by atoms with Crippen LogP contribution in [-0.4, -0.2) is 15.0 Å². The van der Waals surface area contributed by atoms with Crippen LogP contribution in [0.1, 0.15) is 30.0 Å². The topological polar surface area (TPSA) is 68.8 Å². The minimum Gasteiger partial charge on any atom is -0.270 e. The van der Waals surface area contributed by atoms with E-state index in [0.29, 0.717) is 0 Å². The second-order valence-electron chi connectivity index (χ2n) is 4.28. The lowest BCUT2D eigenvalue weighted by atomic mass is 10.2. The van der Waals surface area contributed by atoms with Crippen LogP contribution in [0.3, 0.4) is 0 Å². The van der Waals surface area contributed by atoms with E-state index in [-0.39, 0.29) is 6.04 Å². The molecule has 19 heavy (non-hydrogen) atoms. The Morgan fingerprint density at radius 1 is 1.47 bits per heavy atom. The summed E-state index contributed by atoms with van der Waals surface area (Å²) in [5, 5.41) is 10.2. The van der Waals surface area contributed by atoms with Crippen LogP contribution in [0.2, 0.25) is 0 Å². The Bertz CT molecular complexity index is 640. The van der Waals surface area contributed by atoms with E-state index < -0.39 is 0 Å². The second kappa shape index (κ2) is 5.38. The summed E-state index contributed by atoms with van der Waals surface area (Å²) >= 11 is 3.51. The van der Waals surface area contributed by atoms with Gasteiger partial charge in [-0.25, -0.2) is 10.1 Å². The van der Waals surface area contributed by atoms with Gasteiger partial charge in [0.1, 0.15) is 0 Å². The van der Waals surface area contributed by atoms with Crippen LogP contribution >= 0.6 is 22.7 Å². The molecule has 3 rings (SSSR count). The smallest absolute Gasteiger partial charge is 0.0987 e. The second-order valence-corrected chi connectivity index (χ2v) is 6.34. The van der Waals surface area contributed by atoms with Crippen molar-refractivity contribution in [2.45, 2.75) is 25.9 Å². The van der Waals surface area contributed by atoms with E-state index in [4.69, 9.17) is 5.84 Å². The molecule has 0 aliphatic carbocycles. The van der Waals surface area contributed by atoms with Crippen molar-refractivity contribution in [1.82, 2.24) is 20.4 Å². The summed E-state index contributed by atoms with van der Waals surface area (Å²) in [6.07, 6.45) is 2.81. The number of nitrogens with zero attached hydrogens (tertiary/aromatic N) is 3. The van der Waals surface area contributed by atoms with Crippen molar-refractivity contribution in [3.63, 3.8) is 0 Å². The summed E-state index contributed by atoms with van der Waals surface area (Å²) in [4.78, 5) is 1.20. The lowest BCUT2D eigenvalue weighted by molar-refractivity contribution is 0.515. The van der Waals surface area contributed by atoms with E-state index in [0.717, 1.165) is 18.7 Å². The number of aryl methyl sites for hydroxylation is 1. The molecule has 0 fully saturated rings. The number of hydrogen-bond donors (Lipinski definition) is 2. The molecule has 0 aliphatic heterocycles. The zero-order valence-electron chi connectivity index (χ0n) is 10.5. The Kier molecular flexibility index (Phi) is 3.61. The highest BCUT2D eigenvalue weighted by molar-refractivity contribution is 7.27. The fourth-order valence-corrected chi connectivity index (χ4v) is 4.31. The SMILES string of the molecule is CCCn1nncc1C(NN)c1cc2sccc2s1. The average Bonchev–Trinajstić information content (AvgIpc) is 3.07. The van der Waals surface area contributed by atoms with Crippen LogP contribution in [0.4, 0.5) is 0 Å². The van der Waals surface area contributed by atoms with Crippen LogP contribution in [0.5, 0.6) is 0 Å². The predicted molar refractivity (Wildman–Crippen MR) is 79.2 cm³/mol. The van der Waals surface area contributed by atoms with Crippen LogP contribution < -0.4 is 11.3 Å². The summed E-state index contributed by atoms with van der Waals surface area (Å²) in [5.74, 6) is 5.74. The molecule has 0 radical (unpaired) electrons. The number of hydrogen-bond acceptors (Lipinski definition) is 6. The van der Waals surface area contributed by atoms with Gasteiger partial charge < -0.3 is 0 Å². The van der Waals surface area contributed by atoms with Gasteiger partial charge in [-0.1, -0.05) is 12.1 Å². The maximum Gasteiger partial charge on any atom is 0.0987 e. The molecule has 1 unspecified atom stereocenters. The normalized spacial score (nSPS) is 13.2. The molecule has 5 nitrogen and oxygen atoms in total. The Morgan fingerprint density at radius 2 is 2.37 bits per heavy atom. The van der Waals surface area contributed by atoms with E-state index in [1.165, 1.54) is 14.3 Å². The summed E-state index contributed by atoms with van der Waals surface area (Å²) in [5.41, 5.74) is 3.90. The predicted octanol–water partition coefficient (Wildman–Crippen LogP) is 2.52. The molecule has 0 saturated carbocycles. The maximum atomic E-state index is 5.74. The molecule has 0 amide bonds. The molecule has 100 valence electrons. The molecule has 3 N–H and O–H groups in total. The number of rotatable bonds is 5. The molecule has 0 aromatic carbocycles. The third-order valence-corrected chi connectivity index (χ3v) is 5.15. The van der Waals surface area contributed by atoms with Crippen LogP contribution in [0.15, 0.2) is 23.7 Å². The van der Waals surface area contributed by atoms with Crippen molar-refractivity contribution in [2.75, 3.05) is 0 Å². The maximum absolute atomic E-state index is 5.74. The van der Waals surface area contributed by atoms with E-state index in [9.17, 15) is 0 Å². The Hall–Kier alpha value is -1.28. The number of nitrogens with one attached hydrogen (secondary N) is 1. The van der Waals surface area contributed by atoms with Crippen LogP contribution in [0, 0.1) is 0 Å². The quantitative estimate of drug-likeness (QED) is 0.560. The molecule has 0 saturated heterocycles. The van der Waals surface area contributed by atoms with Gasteiger partial charge in [0, 0.05) is 20.8 Å². The highest BCUT2D eigenvalue weighted by Gasteiger charge is 2.20. The largest absolute Gasteiger partial charge is 0.270 e. The first-order chi connectivity index (χ1) is 9.33. The van der Waals surface area contributed by atoms with E-state index in [1.54, 1.807) is 28.9 Å². The Labute approximate surface area is 119 Å². The summed E-state index contributed by atoms with van der Waals surface area (Å²) in [6, 6.07) is 4.29. The fourth-order valence-electron chi connectivity index (χ4n) is 2.11. The number of hydrazine groups is 1. The molecular weight excluding hydrogens is 278 g/mol. The lowest BCUT2D eigenvalue weighted by Crippen LogP contribution is -2.30. The molecular formula is C12H15N5S2. The monoisotopic (exact) mass is 293 g/mol. The Morgan fingerprint density at radius 3 is 3.11 bits per heavy atom. The summed E-state index contributed by atoms with van der Waals surface area (Å²) in [7, 11) is 0. The lowest BCUT2D eigenvalue weighted by Gasteiger charge is -2.15. The summed E-state index contributed by atoms with van der Waals surface area (Å²) in [6.45, 7) is 2.98. The molecule has 1 atom stereocenters. The third-order valence-electron chi connectivity index (χ3n) is 2.99. The van der Waals surface area contributed by atoms with Gasteiger partial charge in [-0.2, -0.15) is 0 Å². The van der Waals surface area contributed by atoms with E-state index >= 15 is 0 Å². The molecule has 7 heteroatoms. The number of fused-ring (bicyclic) bond motifs is 1. The standard InChI is InChI=1S/C12H15N5S2/c1-2-4-17-8(7-14-16-17)12(15-13)11-6-10-9(19-11)3-5-18-10/h3,5-7,12,15H,2,4,13H2,1H3. The van der Waals surface area contributed by atoms with Gasteiger partial charge >= 0.3 is 0 Å². The van der Waals surface area contributed by atoms with Gasteiger partial charge in [0.2, 0.25) is 0 Å². The Balaban J connectivity index is 1.99. The van der Waals surface area contributed by atoms with Gasteiger partial charge in [-0.15, -0.1) is 27.8 Å². The molecule has 0 bridgehead atoms. The zero-order chi connectivity index (χ0) is 13.2. The van der Waals surface area contributed by atoms with Gasteiger partial charge in [-0.3, -0.25) is 5.84 Å². The van der Waals surface area contributed by atoms with Crippen LogP contribution in [-0.2, 0) is 6.54 Å². The first-order valence-electron chi connectivity index (χ1n) is 6.15. The van der Waals surface area contributed by atoms with Crippen molar-refractivity contribution in [3.8, 4) is 0 Å². The van der Waals surface area contributed by atoms with E-state index in [1.807, 2.05) is 4.68 Å². The van der Waals surface area contributed by atoms with Crippen molar-refractivity contribution in [1.29, 1.82) is 0 Å². The van der Waals surface area contributed by atoms with Gasteiger partial charge in [0.25, 0.3) is 0 Å². The first-order valence-corrected chi connectivity index (χ1v) is 7.84. The van der Waals surface area contributed by atoms with Gasteiger partial charge in [0.05, 0.1) is 17.9 Å². The molecule has 0 aliphatic rings. The van der Waals surface area contributed by atoms with Crippen molar-refractivity contribution in [2.24, 2.45) is 5.84 Å². The molecule has 3 heterocycles. The molecule has 3 aromatic rings. The van der Waals surface area contributed by atoms with E-state index in [2.05, 4.69) is 40.2 Å². The van der Waals surface area contributed by atoms with Crippen molar-refractivity contribution >= 4 is 32.1 Å². The van der Waals surface area contributed by atoms with Gasteiger partial charge in [0.15, 0.2) is 0 Å². The van der Waals surface area contributed by atoms with Crippen molar-refractivity contribution < 1.29 is 0 Å². The highest BCUT2D eigenvalue weighted by Crippen LogP contribution is 2.35. The highest BCUT2D eigenvalue weighted by atomic mass is 32.1. The molecule has 3 aromatic heterocycles. The van der Waals surface area contributed by atoms with Crippen molar-refractivity contribution in [3.05, 3.63) is 34.3 Å². The van der Waals surface area contributed by atoms with Gasteiger partial charge in [-0.05, 0) is 23.9 Å². The van der Waals surface area contributed by atoms with Crippen LogP contribution in [0.25, 0.3) is 9.40 Å². The third kappa shape index (κ3) is 2.30. The number of nitrogens with two attached hydrogens (primary N) is 1. The summed E-state index contributed by atoms with van der Waals surface area (Å²) < 4.78 is 4.52. The first kappa shape index (κ1) is 12.7. The minimum atomic E-state index is -0.0499.